The van der Waals surface area contributed by atoms with Gasteiger partial charge in [-0.25, -0.2) is 4.39 Å². The molecule has 0 spiro atoms. The minimum absolute atomic E-state index is 0.0507. The van der Waals surface area contributed by atoms with E-state index in [0.717, 1.165) is 0 Å². The van der Waals surface area contributed by atoms with Crippen LogP contribution in [-0.4, -0.2) is 36.0 Å². The highest BCUT2D eigenvalue weighted by molar-refractivity contribution is 7.85. The molecule has 0 aliphatic carbocycles. The first-order chi connectivity index (χ1) is 9.28. The summed E-state index contributed by atoms with van der Waals surface area (Å²) in [7, 11) is -0.803. The number of halogens is 4. The molecular weight excluding hydrogens is 298 g/mol. The first-order valence-electron chi connectivity index (χ1n) is 5.68. The second-order valence-corrected chi connectivity index (χ2v) is 5.60. The van der Waals surface area contributed by atoms with E-state index in [1.54, 1.807) is 0 Å². The molecule has 0 fully saturated rings. The number of methoxy groups -OCH3 is 1. The maximum atomic E-state index is 12.5. The van der Waals surface area contributed by atoms with Crippen molar-refractivity contribution in [1.29, 1.82) is 0 Å². The number of rotatable bonds is 6. The Kier molecular flexibility index (Phi) is 6.09. The van der Waals surface area contributed by atoms with Crippen molar-refractivity contribution in [2.24, 2.45) is 5.73 Å². The van der Waals surface area contributed by atoms with Gasteiger partial charge >= 0.3 is 6.18 Å². The number of hydrogen-bond acceptors (Lipinski definition) is 3. The van der Waals surface area contributed by atoms with Gasteiger partial charge in [-0.3, -0.25) is 4.21 Å². The van der Waals surface area contributed by atoms with Gasteiger partial charge in [0.15, 0.2) is 0 Å². The number of ether oxygens (including phenoxy) is 1. The zero-order valence-corrected chi connectivity index (χ0v) is 11.5. The van der Waals surface area contributed by atoms with Gasteiger partial charge in [0.1, 0.15) is 12.4 Å². The smallest absolute Gasteiger partial charge is 0.375 e. The van der Waals surface area contributed by atoms with Gasteiger partial charge < -0.3 is 10.5 Å². The molecule has 1 aromatic carbocycles. The summed E-state index contributed by atoms with van der Waals surface area (Å²) in [6.45, 7) is -0.791. The van der Waals surface area contributed by atoms with E-state index < -0.39 is 41.5 Å². The van der Waals surface area contributed by atoms with Gasteiger partial charge in [-0.15, -0.1) is 0 Å². The van der Waals surface area contributed by atoms with E-state index in [9.17, 15) is 21.8 Å². The average Bonchev–Trinajstić information content (AvgIpc) is 2.38. The van der Waals surface area contributed by atoms with E-state index in [2.05, 4.69) is 0 Å². The molecule has 1 aromatic rings. The first-order valence-corrected chi connectivity index (χ1v) is 7.00. The van der Waals surface area contributed by atoms with Crippen molar-refractivity contribution < 1.29 is 26.5 Å². The molecule has 0 amide bonds. The van der Waals surface area contributed by atoms with E-state index in [1.165, 1.54) is 31.4 Å². The quantitative estimate of drug-likeness (QED) is 0.820. The Morgan fingerprint density at radius 2 is 1.85 bits per heavy atom. The molecule has 0 aliphatic rings. The number of hydrogen-bond donors (Lipinski definition) is 1. The van der Waals surface area contributed by atoms with Crippen LogP contribution in [0.25, 0.3) is 0 Å². The van der Waals surface area contributed by atoms with Crippen molar-refractivity contribution >= 4 is 10.8 Å². The maximum Gasteiger partial charge on any atom is 0.400 e. The van der Waals surface area contributed by atoms with Gasteiger partial charge in [0.2, 0.25) is 0 Å². The van der Waals surface area contributed by atoms with Crippen LogP contribution >= 0.6 is 0 Å². The van der Waals surface area contributed by atoms with Crippen molar-refractivity contribution in [3.05, 3.63) is 29.8 Å². The summed E-state index contributed by atoms with van der Waals surface area (Å²) in [6.07, 6.45) is -5.19. The molecule has 0 aliphatic heterocycles. The van der Waals surface area contributed by atoms with Crippen molar-refractivity contribution in [1.82, 2.24) is 0 Å². The summed E-state index contributed by atoms with van der Waals surface area (Å²) in [6, 6.07) is 4.61. The van der Waals surface area contributed by atoms with E-state index in [1.807, 2.05) is 0 Å². The number of alkyl halides is 4. The summed E-state index contributed by atoms with van der Waals surface area (Å²) in [4.78, 5) is 0.0507. The molecule has 2 N–H and O–H groups in total. The lowest BCUT2D eigenvalue weighted by atomic mass is 10.0. The molecular formula is C12H15F4NO2S. The monoisotopic (exact) mass is 313 g/mol. The van der Waals surface area contributed by atoms with Crippen LogP contribution in [0.3, 0.4) is 0 Å². The lowest BCUT2D eigenvalue weighted by molar-refractivity contribution is -0.105. The predicted octanol–water partition coefficient (Wildman–Crippen LogP) is 2.34. The van der Waals surface area contributed by atoms with Crippen LogP contribution < -0.4 is 5.73 Å². The van der Waals surface area contributed by atoms with Gasteiger partial charge in [-0.2, -0.15) is 13.2 Å². The molecule has 0 radical (unpaired) electrons. The highest BCUT2D eigenvalue weighted by atomic mass is 32.2. The Balaban J connectivity index is 2.85. The third-order valence-electron chi connectivity index (χ3n) is 2.59. The average molecular weight is 313 g/mol. The molecule has 8 heteroatoms. The molecule has 0 heterocycles. The zero-order chi connectivity index (χ0) is 15.3. The van der Waals surface area contributed by atoms with Crippen molar-refractivity contribution in [2.75, 3.05) is 19.5 Å². The SMILES string of the molecule is CO[C@H](c1ccc(S(=O)CC(F)(F)F)cc1)[C@H](N)CF. The summed E-state index contributed by atoms with van der Waals surface area (Å²) in [5.41, 5.74) is 6.05. The molecule has 0 aromatic heterocycles. The van der Waals surface area contributed by atoms with E-state index >= 15 is 0 Å². The van der Waals surface area contributed by atoms with Crippen LogP contribution in [0.2, 0.25) is 0 Å². The van der Waals surface area contributed by atoms with E-state index in [4.69, 9.17) is 10.5 Å². The summed E-state index contributed by atoms with van der Waals surface area (Å²) >= 11 is 0. The van der Waals surface area contributed by atoms with Gasteiger partial charge in [-0.05, 0) is 17.7 Å². The minimum Gasteiger partial charge on any atom is -0.375 e. The molecule has 1 unspecified atom stereocenters. The van der Waals surface area contributed by atoms with Crippen LogP contribution in [0.1, 0.15) is 11.7 Å². The third kappa shape index (κ3) is 4.84. The van der Waals surface area contributed by atoms with E-state index in [0.29, 0.717) is 5.56 Å². The van der Waals surface area contributed by atoms with E-state index in [-0.39, 0.29) is 4.90 Å². The minimum atomic E-state index is -4.49. The zero-order valence-electron chi connectivity index (χ0n) is 10.7. The maximum absolute atomic E-state index is 12.5. The fourth-order valence-corrected chi connectivity index (χ4v) is 2.58. The van der Waals surface area contributed by atoms with Crippen LogP contribution in [0.5, 0.6) is 0 Å². The van der Waals surface area contributed by atoms with Gasteiger partial charge in [-0.1, -0.05) is 12.1 Å². The Labute approximate surface area is 116 Å². The molecule has 114 valence electrons. The fourth-order valence-electron chi connectivity index (χ4n) is 1.68. The van der Waals surface area contributed by atoms with Gasteiger partial charge in [0.25, 0.3) is 0 Å². The Hall–Kier alpha value is -0.990. The molecule has 0 saturated carbocycles. The number of benzene rings is 1. The molecule has 20 heavy (non-hydrogen) atoms. The summed E-state index contributed by atoms with van der Waals surface area (Å²) < 4.78 is 65.5. The Morgan fingerprint density at radius 1 is 1.30 bits per heavy atom. The molecule has 3 nitrogen and oxygen atoms in total. The topological polar surface area (TPSA) is 52.3 Å². The normalized spacial score (nSPS) is 16.7. The third-order valence-corrected chi connectivity index (χ3v) is 3.97. The summed E-state index contributed by atoms with van der Waals surface area (Å²) in [5.74, 6) is -1.40. The number of nitrogens with two attached hydrogens (primary N) is 1. The van der Waals surface area contributed by atoms with Gasteiger partial charge in [0.05, 0.1) is 22.9 Å². The molecule has 1 rings (SSSR count). The second kappa shape index (κ2) is 7.14. The van der Waals surface area contributed by atoms with Crippen LogP contribution in [-0.2, 0) is 15.5 Å². The Morgan fingerprint density at radius 3 is 2.25 bits per heavy atom. The lowest BCUT2D eigenvalue weighted by Gasteiger charge is -2.20. The van der Waals surface area contributed by atoms with Crippen molar-refractivity contribution in [2.45, 2.75) is 23.2 Å². The lowest BCUT2D eigenvalue weighted by Crippen LogP contribution is -2.31. The summed E-state index contributed by atoms with van der Waals surface area (Å²) in [5, 5.41) is 0. The molecule has 0 bridgehead atoms. The van der Waals surface area contributed by atoms with Crippen molar-refractivity contribution in [3.63, 3.8) is 0 Å². The highest BCUT2D eigenvalue weighted by Gasteiger charge is 2.31. The fraction of sp³-hybridized carbons (Fsp3) is 0.500. The van der Waals surface area contributed by atoms with Gasteiger partial charge in [0, 0.05) is 12.0 Å². The molecule has 0 saturated heterocycles. The Bertz CT molecular complexity index is 450. The largest absolute Gasteiger partial charge is 0.400 e. The van der Waals surface area contributed by atoms with Crippen molar-refractivity contribution in [3.8, 4) is 0 Å². The first kappa shape index (κ1) is 17.1. The van der Waals surface area contributed by atoms with Crippen LogP contribution in [0.4, 0.5) is 17.6 Å². The van der Waals surface area contributed by atoms with Crippen LogP contribution in [0.15, 0.2) is 29.2 Å². The standard InChI is InChI=1S/C12H15F4NO2S/c1-19-11(10(17)6-13)8-2-4-9(5-3-8)20(18)7-12(14,15)16/h2-5,10-11H,6-7,17H2,1H3/t10-,11-,20?/m1/s1. The second-order valence-electron chi connectivity index (χ2n) is 4.15. The predicted molar refractivity (Wildman–Crippen MR) is 67.5 cm³/mol. The van der Waals surface area contributed by atoms with Crippen LogP contribution in [0, 0.1) is 0 Å². The highest BCUT2D eigenvalue weighted by Crippen LogP contribution is 2.23. The molecule has 3 atom stereocenters.